The molecule has 0 saturated carbocycles. The molecule has 1 fully saturated rings. The molecular formula is C18H28N4O4. The van der Waals surface area contributed by atoms with E-state index in [1.54, 1.807) is 11.0 Å². The zero-order valence-electron chi connectivity index (χ0n) is 15.6. The number of hydrogen-bond donors (Lipinski definition) is 3. The highest BCUT2D eigenvalue weighted by Gasteiger charge is 2.23. The number of piperidine rings is 1. The van der Waals surface area contributed by atoms with Gasteiger partial charge in [-0.15, -0.1) is 0 Å². The molecule has 0 bridgehead atoms. The van der Waals surface area contributed by atoms with E-state index in [2.05, 4.69) is 15.6 Å². The van der Waals surface area contributed by atoms with Gasteiger partial charge in [-0.2, -0.15) is 0 Å². The number of rotatable bonds is 5. The molecule has 0 spiro atoms. The van der Waals surface area contributed by atoms with Crippen molar-refractivity contribution in [2.45, 2.75) is 32.4 Å². The number of carbonyl (C=O) groups is 1. The molecule has 3 N–H and O–H groups in total. The fraction of sp³-hybridized carbons (Fsp3) is 0.556. The highest BCUT2D eigenvalue weighted by molar-refractivity contribution is 5.80. The summed E-state index contributed by atoms with van der Waals surface area (Å²) in [6.45, 7) is 4.37. The molecule has 0 radical (unpaired) electrons. The van der Waals surface area contributed by atoms with Crippen molar-refractivity contribution in [2.24, 2.45) is 4.99 Å². The van der Waals surface area contributed by atoms with E-state index in [0.717, 1.165) is 19.4 Å². The second-order valence-electron chi connectivity index (χ2n) is 6.04. The van der Waals surface area contributed by atoms with E-state index < -0.39 is 0 Å². The zero-order chi connectivity index (χ0) is 18.9. The van der Waals surface area contributed by atoms with Crippen molar-refractivity contribution in [1.29, 1.82) is 0 Å². The third-order valence-electron chi connectivity index (χ3n) is 4.32. The monoisotopic (exact) mass is 364 g/mol. The predicted molar refractivity (Wildman–Crippen MR) is 99.6 cm³/mol. The molecule has 1 aromatic carbocycles. The molecule has 1 heterocycles. The summed E-state index contributed by atoms with van der Waals surface area (Å²) >= 11 is 0. The van der Waals surface area contributed by atoms with Crippen LogP contribution in [0.25, 0.3) is 0 Å². The van der Waals surface area contributed by atoms with Gasteiger partial charge in [0.25, 0.3) is 0 Å². The summed E-state index contributed by atoms with van der Waals surface area (Å²) in [6.07, 6.45) is 1.37. The molecule has 26 heavy (non-hydrogen) atoms. The average Bonchev–Trinajstić information content (AvgIpc) is 2.67. The van der Waals surface area contributed by atoms with Gasteiger partial charge in [-0.05, 0) is 25.8 Å². The number of benzene rings is 1. The Bertz CT molecular complexity index is 628. The number of para-hydroxylation sites is 1. The summed E-state index contributed by atoms with van der Waals surface area (Å²) < 4.78 is 9.89. The standard InChI is InChI=1S/C18H28N4O4/c1-4-19-17(20-12-13-6-5-7-15(25-2)16(13)23)21-14-8-10-22(11-9-14)18(24)26-3/h5-7,14,23H,4,8-12H2,1-3H3,(H2,19,20,21). The fourth-order valence-electron chi connectivity index (χ4n) is 2.87. The van der Waals surface area contributed by atoms with Crippen molar-refractivity contribution >= 4 is 12.1 Å². The number of phenolic OH excluding ortho intramolecular Hbond substituents is 1. The summed E-state index contributed by atoms with van der Waals surface area (Å²) in [5, 5.41) is 16.8. The van der Waals surface area contributed by atoms with Crippen LogP contribution in [-0.4, -0.2) is 62.0 Å². The Kier molecular flexibility index (Phi) is 7.37. The molecule has 144 valence electrons. The first-order chi connectivity index (χ1) is 12.6. The fourth-order valence-corrected chi connectivity index (χ4v) is 2.87. The zero-order valence-corrected chi connectivity index (χ0v) is 15.6. The SMILES string of the molecule is CCNC(=NCc1cccc(OC)c1O)NC1CCN(C(=O)OC)CC1. The molecule has 0 aromatic heterocycles. The maximum atomic E-state index is 11.6. The highest BCUT2D eigenvalue weighted by Crippen LogP contribution is 2.29. The molecule has 8 heteroatoms. The van der Waals surface area contributed by atoms with E-state index in [9.17, 15) is 9.90 Å². The quantitative estimate of drug-likeness (QED) is 0.544. The van der Waals surface area contributed by atoms with Crippen LogP contribution in [0.5, 0.6) is 11.5 Å². The topological polar surface area (TPSA) is 95.4 Å². The lowest BCUT2D eigenvalue weighted by Crippen LogP contribution is -2.49. The first kappa shape index (κ1) is 19.7. The molecule has 8 nitrogen and oxygen atoms in total. The lowest BCUT2D eigenvalue weighted by molar-refractivity contribution is 0.111. The first-order valence-corrected chi connectivity index (χ1v) is 8.81. The molecular weight excluding hydrogens is 336 g/mol. The normalized spacial score (nSPS) is 15.5. The summed E-state index contributed by atoms with van der Waals surface area (Å²) in [4.78, 5) is 17.8. The molecule has 1 aliphatic rings. The van der Waals surface area contributed by atoms with Gasteiger partial charge in [0.05, 0.1) is 20.8 Å². The van der Waals surface area contributed by atoms with Gasteiger partial charge in [-0.25, -0.2) is 9.79 Å². The Hall–Kier alpha value is -2.64. The minimum Gasteiger partial charge on any atom is -0.504 e. The van der Waals surface area contributed by atoms with Crippen LogP contribution in [0.15, 0.2) is 23.2 Å². The predicted octanol–water partition coefficient (Wildman–Crippen LogP) is 1.69. The van der Waals surface area contributed by atoms with Crippen LogP contribution >= 0.6 is 0 Å². The van der Waals surface area contributed by atoms with Crippen LogP contribution < -0.4 is 15.4 Å². The molecule has 1 aromatic rings. The van der Waals surface area contributed by atoms with Gasteiger partial charge in [-0.3, -0.25) is 0 Å². The first-order valence-electron chi connectivity index (χ1n) is 8.81. The van der Waals surface area contributed by atoms with Crippen molar-refractivity contribution in [2.75, 3.05) is 33.9 Å². The Morgan fingerprint density at radius 1 is 1.35 bits per heavy atom. The number of guanidine groups is 1. The number of carbonyl (C=O) groups excluding carboxylic acids is 1. The largest absolute Gasteiger partial charge is 0.504 e. The van der Waals surface area contributed by atoms with Crippen molar-refractivity contribution in [3.05, 3.63) is 23.8 Å². The van der Waals surface area contributed by atoms with Gasteiger partial charge in [0.1, 0.15) is 0 Å². The maximum absolute atomic E-state index is 11.6. The van der Waals surface area contributed by atoms with Crippen molar-refractivity contribution in [3.63, 3.8) is 0 Å². The van der Waals surface area contributed by atoms with Gasteiger partial charge >= 0.3 is 6.09 Å². The molecule has 1 saturated heterocycles. The van der Waals surface area contributed by atoms with Crippen molar-refractivity contribution < 1.29 is 19.4 Å². The smallest absolute Gasteiger partial charge is 0.409 e. The summed E-state index contributed by atoms with van der Waals surface area (Å²) in [6, 6.07) is 5.58. The second-order valence-corrected chi connectivity index (χ2v) is 6.04. The molecule has 2 rings (SSSR count). The number of methoxy groups -OCH3 is 2. The number of nitrogens with zero attached hydrogens (tertiary/aromatic N) is 2. The minimum absolute atomic E-state index is 0.112. The van der Waals surface area contributed by atoms with E-state index in [1.165, 1.54) is 14.2 Å². The summed E-state index contributed by atoms with van der Waals surface area (Å²) in [7, 11) is 2.92. The van der Waals surface area contributed by atoms with Crippen molar-refractivity contribution in [1.82, 2.24) is 15.5 Å². The van der Waals surface area contributed by atoms with Crippen LogP contribution in [0.4, 0.5) is 4.79 Å². The van der Waals surface area contributed by atoms with Crippen LogP contribution in [0.1, 0.15) is 25.3 Å². The van der Waals surface area contributed by atoms with Gasteiger partial charge in [-0.1, -0.05) is 12.1 Å². The molecule has 1 amide bonds. The van der Waals surface area contributed by atoms with E-state index in [-0.39, 0.29) is 17.9 Å². The van der Waals surface area contributed by atoms with Crippen LogP contribution in [-0.2, 0) is 11.3 Å². The van der Waals surface area contributed by atoms with E-state index >= 15 is 0 Å². The second kappa shape index (κ2) is 9.74. The Labute approximate surface area is 154 Å². The number of hydrogen-bond acceptors (Lipinski definition) is 5. The molecule has 0 unspecified atom stereocenters. The van der Waals surface area contributed by atoms with Crippen LogP contribution in [0.3, 0.4) is 0 Å². The minimum atomic E-state index is -0.280. The lowest BCUT2D eigenvalue weighted by atomic mass is 10.1. The van der Waals surface area contributed by atoms with E-state index in [4.69, 9.17) is 9.47 Å². The number of aromatic hydroxyl groups is 1. The number of aliphatic imine (C=N–C) groups is 1. The molecule has 0 aliphatic carbocycles. The van der Waals surface area contributed by atoms with Gasteiger partial charge in [0.15, 0.2) is 17.5 Å². The summed E-state index contributed by atoms with van der Waals surface area (Å²) in [5.74, 6) is 1.23. The van der Waals surface area contributed by atoms with Crippen LogP contribution in [0, 0.1) is 0 Å². The van der Waals surface area contributed by atoms with Crippen LogP contribution in [0.2, 0.25) is 0 Å². The van der Waals surface area contributed by atoms with E-state index in [0.29, 0.717) is 36.9 Å². The lowest BCUT2D eigenvalue weighted by Gasteiger charge is -2.32. The number of amides is 1. The van der Waals surface area contributed by atoms with Gasteiger partial charge < -0.3 is 30.1 Å². The number of phenols is 1. The van der Waals surface area contributed by atoms with Crippen molar-refractivity contribution in [3.8, 4) is 11.5 Å². The van der Waals surface area contributed by atoms with Gasteiger partial charge in [0.2, 0.25) is 0 Å². The average molecular weight is 364 g/mol. The molecule has 1 aliphatic heterocycles. The maximum Gasteiger partial charge on any atom is 0.409 e. The Balaban J connectivity index is 1.96. The Morgan fingerprint density at radius 3 is 2.69 bits per heavy atom. The highest BCUT2D eigenvalue weighted by atomic mass is 16.5. The number of likely N-dealkylation sites (tertiary alicyclic amines) is 1. The van der Waals surface area contributed by atoms with E-state index in [1.807, 2.05) is 19.1 Å². The number of ether oxygens (including phenoxy) is 2. The summed E-state index contributed by atoms with van der Waals surface area (Å²) in [5.41, 5.74) is 0.696. The number of nitrogens with one attached hydrogen (secondary N) is 2. The van der Waals surface area contributed by atoms with Gasteiger partial charge in [0, 0.05) is 31.2 Å². The third kappa shape index (κ3) is 5.18. The Morgan fingerprint density at radius 2 is 2.08 bits per heavy atom. The third-order valence-corrected chi connectivity index (χ3v) is 4.32. The molecule has 0 atom stereocenters.